The highest BCUT2D eigenvalue weighted by molar-refractivity contribution is 6.33. The molecule has 2 heterocycles. The van der Waals surface area contributed by atoms with Gasteiger partial charge in [-0.25, -0.2) is 0 Å². The smallest absolute Gasteiger partial charge is 0.0639 e. The molecule has 1 spiro atoms. The molecule has 1 aromatic rings. The molecule has 0 amide bonds. The maximum atomic E-state index is 6.24. The van der Waals surface area contributed by atoms with Crippen LogP contribution in [-0.4, -0.2) is 26.2 Å². The molecule has 16 heavy (non-hydrogen) atoms. The zero-order chi connectivity index (χ0) is 11.0. The highest BCUT2D eigenvalue weighted by atomic mass is 35.5. The van der Waals surface area contributed by atoms with Crippen molar-refractivity contribution in [2.45, 2.75) is 12.8 Å². The van der Waals surface area contributed by atoms with Gasteiger partial charge in [-0.05, 0) is 31.5 Å². The van der Waals surface area contributed by atoms with Crippen molar-refractivity contribution in [1.29, 1.82) is 0 Å². The molecule has 3 heteroatoms. The van der Waals surface area contributed by atoms with Gasteiger partial charge in [-0.3, -0.25) is 0 Å². The Bertz CT molecular complexity index is 385. The SMILES string of the molecule is Clc1ccccc1N1CC[C@@]2(CCNC2)C1. The number of hydrogen-bond donors (Lipinski definition) is 1. The van der Waals surface area contributed by atoms with E-state index in [1.54, 1.807) is 0 Å². The third-order valence-corrected chi connectivity index (χ3v) is 4.28. The Morgan fingerprint density at radius 2 is 2.12 bits per heavy atom. The predicted octanol–water partition coefficient (Wildman–Crippen LogP) is 2.53. The molecule has 1 atom stereocenters. The summed E-state index contributed by atoms with van der Waals surface area (Å²) in [6.45, 7) is 4.65. The Hall–Kier alpha value is -0.730. The van der Waals surface area contributed by atoms with E-state index in [0.29, 0.717) is 5.41 Å². The summed E-state index contributed by atoms with van der Waals surface area (Å²) in [4.78, 5) is 2.44. The van der Waals surface area contributed by atoms with E-state index >= 15 is 0 Å². The van der Waals surface area contributed by atoms with Gasteiger partial charge in [-0.15, -0.1) is 0 Å². The van der Waals surface area contributed by atoms with Gasteiger partial charge in [0.1, 0.15) is 0 Å². The maximum absolute atomic E-state index is 6.24. The average Bonchev–Trinajstić information content (AvgIpc) is 2.91. The van der Waals surface area contributed by atoms with Crippen molar-refractivity contribution in [2.75, 3.05) is 31.1 Å². The Labute approximate surface area is 102 Å². The van der Waals surface area contributed by atoms with E-state index in [1.807, 2.05) is 12.1 Å². The van der Waals surface area contributed by atoms with E-state index in [2.05, 4.69) is 22.3 Å². The zero-order valence-corrected chi connectivity index (χ0v) is 10.1. The maximum Gasteiger partial charge on any atom is 0.0639 e. The molecule has 3 rings (SSSR count). The summed E-state index contributed by atoms with van der Waals surface area (Å²) in [6.07, 6.45) is 2.61. The molecule has 1 aromatic carbocycles. The van der Waals surface area contributed by atoms with Crippen molar-refractivity contribution in [3.63, 3.8) is 0 Å². The molecule has 86 valence electrons. The van der Waals surface area contributed by atoms with Gasteiger partial charge < -0.3 is 10.2 Å². The zero-order valence-electron chi connectivity index (χ0n) is 9.38. The quantitative estimate of drug-likeness (QED) is 0.806. The van der Waals surface area contributed by atoms with Gasteiger partial charge in [0.15, 0.2) is 0 Å². The fraction of sp³-hybridized carbons (Fsp3) is 0.538. The van der Waals surface area contributed by atoms with Crippen molar-refractivity contribution in [1.82, 2.24) is 5.32 Å². The second-order valence-corrected chi connectivity index (χ2v) is 5.46. The van der Waals surface area contributed by atoms with Gasteiger partial charge in [0.2, 0.25) is 0 Å². The van der Waals surface area contributed by atoms with Crippen LogP contribution in [0.4, 0.5) is 5.69 Å². The number of nitrogens with one attached hydrogen (secondary N) is 1. The normalized spacial score (nSPS) is 29.2. The Balaban J connectivity index is 1.81. The largest absolute Gasteiger partial charge is 0.370 e. The molecule has 0 unspecified atom stereocenters. The molecule has 2 aliphatic heterocycles. The number of hydrogen-bond acceptors (Lipinski definition) is 2. The monoisotopic (exact) mass is 236 g/mol. The number of anilines is 1. The second-order valence-electron chi connectivity index (χ2n) is 5.05. The first-order chi connectivity index (χ1) is 7.79. The standard InChI is InChI=1S/C13H17ClN2/c14-11-3-1-2-4-12(11)16-8-6-13(10-16)5-7-15-9-13/h1-4,15H,5-10H2/t13-/m1/s1. The summed E-state index contributed by atoms with van der Waals surface area (Å²) in [5, 5.41) is 4.36. The molecule has 2 nitrogen and oxygen atoms in total. The van der Waals surface area contributed by atoms with Gasteiger partial charge >= 0.3 is 0 Å². The topological polar surface area (TPSA) is 15.3 Å². The number of para-hydroxylation sites is 1. The highest BCUT2D eigenvalue weighted by Crippen LogP contribution is 2.39. The van der Waals surface area contributed by atoms with E-state index in [4.69, 9.17) is 11.6 Å². The van der Waals surface area contributed by atoms with Gasteiger partial charge in [0.25, 0.3) is 0 Å². The highest BCUT2D eigenvalue weighted by Gasteiger charge is 2.40. The van der Waals surface area contributed by atoms with Crippen LogP contribution in [-0.2, 0) is 0 Å². The Morgan fingerprint density at radius 3 is 2.88 bits per heavy atom. The van der Waals surface area contributed by atoms with E-state index in [-0.39, 0.29) is 0 Å². The van der Waals surface area contributed by atoms with Crippen molar-refractivity contribution >= 4 is 17.3 Å². The lowest BCUT2D eigenvalue weighted by Crippen LogP contribution is -2.29. The first-order valence-electron chi connectivity index (χ1n) is 5.99. The molecule has 0 saturated carbocycles. The fourth-order valence-corrected chi connectivity index (χ4v) is 3.25. The van der Waals surface area contributed by atoms with E-state index in [0.717, 1.165) is 18.1 Å². The average molecular weight is 237 g/mol. The lowest BCUT2D eigenvalue weighted by atomic mass is 9.86. The fourth-order valence-electron chi connectivity index (χ4n) is 2.99. The first kappa shape index (κ1) is 10.4. The van der Waals surface area contributed by atoms with Crippen LogP contribution in [0.15, 0.2) is 24.3 Å². The third-order valence-electron chi connectivity index (χ3n) is 3.96. The van der Waals surface area contributed by atoms with Gasteiger partial charge in [0, 0.05) is 25.0 Å². The van der Waals surface area contributed by atoms with Crippen LogP contribution < -0.4 is 10.2 Å². The lowest BCUT2D eigenvalue weighted by Gasteiger charge is -2.24. The van der Waals surface area contributed by atoms with Gasteiger partial charge in [-0.2, -0.15) is 0 Å². The molecular formula is C13H17ClN2. The van der Waals surface area contributed by atoms with Crippen molar-refractivity contribution in [3.05, 3.63) is 29.3 Å². The van der Waals surface area contributed by atoms with Crippen LogP contribution in [0.25, 0.3) is 0 Å². The van der Waals surface area contributed by atoms with Crippen LogP contribution in [0.5, 0.6) is 0 Å². The molecule has 2 saturated heterocycles. The predicted molar refractivity (Wildman–Crippen MR) is 68.2 cm³/mol. The van der Waals surface area contributed by atoms with Crippen LogP contribution >= 0.6 is 11.6 Å². The van der Waals surface area contributed by atoms with Crippen LogP contribution in [0.2, 0.25) is 5.02 Å². The molecule has 1 N–H and O–H groups in total. The number of rotatable bonds is 1. The molecular weight excluding hydrogens is 220 g/mol. The molecule has 0 aromatic heterocycles. The minimum Gasteiger partial charge on any atom is -0.370 e. The summed E-state index contributed by atoms with van der Waals surface area (Å²) in [5.41, 5.74) is 1.71. The van der Waals surface area contributed by atoms with E-state index < -0.39 is 0 Å². The summed E-state index contributed by atoms with van der Waals surface area (Å²) >= 11 is 6.24. The minimum atomic E-state index is 0.513. The number of halogens is 1. The molecule has 0 bridgehead atoms. The molecule has 0 radical (unpaired) electrons. The summed E-state index contributed by atoms with van der Waals surface area (Å²) in [6, 6.07) is 8.17. The van der Waals surface area contributed by atoms with Crippen LogP contribution in [0, 0.1) is 5.41 Å². The second kappa shape index (κ2) is 3.94. The number of benzene rings is 1. The van der Waals surface area contributed by atoms with Gasteiger partial charge in [0.05, 0.1) is 10.7 Å². The molecule has 2 aliphatic rings. The summed E-state index contributed by atoms with van der Waals surface area (Å²) in [7, 11) is 0. The van der Waals surface area contributed by atoms with E-state index in [9.17, 15) is 0 Å². The van der Waals surface area contributed by atoms with E-state index in [1.165, 1.54) is 31.6 Å². The van der Waals surface area contributed by atoms with Crippen LogP contribution in [0.1, 0.15) is 12.8 Å². The van der Waals surface area contributed by atoms with Crippen LogP contribution in [0.3, 0.4) is 0 Å². The Morgan fingerprint density at radius 1 is 1.25 bits per heavy atom. The van der Waals surface area contributed by atoms with Crippen molar-refractivity contribution in [3.8, 4) is 0 Å². The molecule has 2 fully saturated rings. The summed E-state index contributed by atoms with van der Waals surface area (Å²) < 4.78 is 0. The van der Waals surface area contributed by atoms with Crippen molar-refractivity contribution in [2.24, 2.45) is 5.41 Å². The minimum absolute atomic E-state index is 0.513. The third kappa shape index (κ3) is 1.70. The van der Waals surface area contributed by atoms with Crippen molar-refractivity contribution < 1.29 is 0 Å². The van der Waals surface area contributed by atoms with Gasteiger partial charge in [-0.1, -0.05) is 23.7 Å². The molecule has 0 aliphatic carbocycles. The number of nitrogens with zero attached hydrogens (tertiary/aromatic N) is 1. The Kier molecular flexibility index (Phi) is 2.56. The lowest BCUT2D eigenvalue weighted by molar-refractivity contribution is 0.369. The summed E-state index contributed by atoms with van der Waals surface area (Å²) in [5.74, 6) is 0. The first-order valence-corrected chi connectivity index (χ1v) is 6.37.